The number of carbonyl (C=O) groups excluding carboxylic acids is 4. The molecule has 2 aromatic carbocycles. The molecule has 7 rings (SSSR count). The average Bonchev–Trinajstić information content (AvgIpc) is 3.17. The molecule has 16 nitrogen and oxygen atoms in total. The van der Waals surface area contributed by atoms with Gasteiger partial charge in [-0.15, -0.1) is 12.4 Å². The quantitative estimate of drug-likeness (QED) is 0.226. The maximum Gasteiger partial charge on any atom is 0.316 e. The molecule has 17 heteroatoms. The van der Waals surface area contributed by atoms with Crippen molar-refractivity contribution >= 4 is 35.7 Å². The standard InChI is InChI=1S/C42H53NO15.ClH/c1-8-42(51)17-28(33-22(35(42)41(50)52-7)14-23-34(38(33)49)37(48)32-21(36(23)47)10-9-11-26(32)45)56-30-15-24(43(5)6)39(19(3)54-30)58-31-16-27(46)40(20(4)55-31)57-29-13-12-25(44)18(2)53-29;/h9-11,14,18-20,24,27-31,35,39-40,45-46,49,51H,8,12-13,15-17H2,1-7H3;1H/t18-,19-,20-,24-,27-,28-,29-,30-,31-,35-,39+,40+,42+;/m0./s1. The minimum Gasteiger partial charge on any atom is -0.507 e. The van der Waals surface area contributed by atoms with Gasteiger partial charge < -0.3 is 58.5 Å². The van der Waals surface area contributed by atoms with E-state index in [4.69, 9.17) is 33.2 Å². The van der Waals surface area contributed by atoms with E-state index in [1.54, 1.807) is 27.7 Å². The predicted octanol–water partition coefficient (Wildman–Crippen LogP) is 3.58. The summed E-state index contributed by atoms with van der Waals surface area (Å²) >= 11 is 0. The van der Waals surface area contributed by atoms with Crippen LogP contribution in [0.1, 0.15) is 121 Å². The highest BCUT2D eigenvalue weighted by Crippen LogP contribution is 2.54. The molecular weight excluding hydrogens is 794 g/mol. The van der Waals surface area contributed by atoms with Crippen molar-refractivity contribution in [2.75, 3.05) is 21.2 Å². The molecule has 3 aliphatic heterocycles. The number of phenols is 2. The number of hydrogen-bond donors (Lipinski definition) is 4. The number of nitrogens with zero attached hydrogens (tertiary/aromatic N) is 1. The van der Waals surface area contributed by atoms with E-state index >= 15 is 0 Å². The number of ether oxygens (including phenoxy) is 7. The summed E-state index contributed by atoms with van der Waals surface area (Å²) in [5.41, 5.74) is -2.49. The Morgan fingerprint density at radius 1 is 0.898 bits per heavy atom. The molecule has 0 saturated carbocycles. The molecular formula is C42H54ClNO15. The minimum atomic E-state index is -1.76. The molecule has 2 aromatic rings. The Morgan fingerprint density at radius 2 is 1.56 bits per heavy atom. The first-order valence-electron chi connectivity index (χ1n) is 19.9. The highest BCUT2D eigenvalue weighted by atomic mass is 35.5. The Morgan fingerprint density at radius 3 is 2.19 bits per heavy atom. The van der Waals surface area contributed by atoms with Crippen molar-refractivity contribution in [3.8, 4) is 11.5 Å². The molecule has 324 valence electrons. The van der Waals surface area contributed by atoms with Crippen molar-refractivity contribution in [3.63, 3.8) is 0 Å². The van der Waals surface area contributed by atoms with E-state index in [1.165, 1.54) is 31.4 Å². The number of esters is 1. The Hall–Kier alpha value is -3.55. The second kappa shape index (κ2) is 17.4. The minimum absolute atomic E-state index is 0. The van der Waals surface area contributed by atoms with Crippen LogP contribution in [-0.4, -0.2) is 137 Å². The highest BCUT2D eigenvalue weighted by Gasteiger charge is 2.53. The smallest absolute Gasteiger partial charge is 0.316 e. The first-order chi connectivity index (χ1) is 27.5. The van der Waals surface area contributed by atoms with Crippen LogP contribution in [0.3, 0.4) is 0 Å². The summed E-state index contributed by atoms with van der Waals surface area (Å²) in [6, 6.07) is 5.11. The lowest BCUT2D eigenvalue weighted by molar-refractivity contribution is -0.324. The summed E-state index contributed by atoms with van der Waals surface area (Å²) in [4.78, 5) is 55.0. The number of ketones is 3. The van der Waals surface area contributed by atoms with E-state index in [-0.39, 0.29) is 83.3 Å². The topological polar surface area (TPSA) is 217 Å². The second-order valence-corrected chi connectivity index (χ2v) is 16.3. The maximum atomic E-state index is 13.9. The number of Topliss-reactive ketones (excluding diaryl/α,β-unsaturated/α-hetero) is 1. The number of phenolic OH excluding ortho intramolecular Hbond substituents is 2. The van der Waals surface area contributed by atoms with Crippen molar-refractivity contribution in [3.05, 3.63) is 57.6 Å². The van der Waals surface area contributed by atoms with Gasteiger partial charge in [0.2, 0.25) is 5.78 Å². The molecule has 3 saturated heterocycles. The average molecular weight is 848 g/mol. The Kier molecular flexibility index (Phi) is 13.3. The first-order valence-corrected chi connectivity index (χ1v) is 19.9. The molecule has 4 N–H and O–H groups in total. The van der Waals surface area contributed by atoms with E-state index in [9.17, 15) is 39.6 Å². The van der Waals surface area contributed by atoms with Crippen molar-refractivity contribution in [1.82, 2.24) is 4.90 Å². The monoisotopic (exact) mass is 847 g/mol. The Bertz CT molecular complexity index is 1950. The van der Waals surface area contributed by atoms with Gasteiger partial charge in [-0.1, -0.05) is 19.1 Å². The largest absolute Gasteiger partial charge is 0.507 e. The second-order valence-electron chi connectivity index (χ2n) is 16.3. The number of likely N-dealkylation sites (N-methyl/N-ethyl adjacent to an activating group) is 1. The molecule has 0 bridgehead atoms. The number of fused-ring (bicyclic) bond motifs is 3. The number of halogens is 1. The van der Waals surface area contributed by atoms with Gasteiger partial charge >= 0.3 is 5.97 Å². The number of hydrogen-bond acceptors (Lipinski definition) is 16. The summed E-state index contributed by atoms with van der Waals surface area (Å²) in [7, 11) is 4.91. The van der Waals surface area contributed by atoms with E-state index < -0.39 is 102 Å². The van der Waals surface area contributed by atoms with Crippen LogP contribution in [0.25, 0.3) is 0 Å². The number of aliphatic hydroxyl groups is 2. The third-order valence-electron chi connectivity index (χ3n) is 12.4. The number of benzene rings is 2. The van der Waals surface area contributed by atoms with Gasteiger partial charge in [0.1, 0.15) is 35.7 Å². The Labute approximate surface area is 348 Å². The number of rotatable bonds is 9. The van der Waals surface area contributed by atoms with Crippen LogP contribution >= 0.6 is 12.4 Å². The van der Waals surface area contributed by atoms with Gasteiger partial charge in [-0.3, -0.25) is 19.2 Å². The molecule has 3 heterocycles. The number of methoxy groups -OCH3 is 1. The molecule has 0 aromatic heterocycles. The fourth-order valence-corrected chi connectivity index (χ4v) is 9.27. The maximum absolute atomic E-state index is 13.9. The van der Waals surface area contributed by atoms with Crippen LogP contribution in [0, 0.1) is 0 Å². The van der Waals surface area contributed by atoms with Crippen LogP contribution in [0.2, 0.25) is 0 Å². The molecule has 0 amide bonds. The van der Waals surface area contributed by atoms with Crippen molar-refractivity contribution in [2.45, 2.75) is 145 Å². The molecule has 0 unspecified atom stereocenters. The lowest BCUT2D eigenvalue weighted by Gasteiger charge is -2.48. The zero-order valence-corrected chi connectivity index (χ0v) is 34.9. The summed E-state index contributed by atoms with van der Waals surface area (Å²) < 4.78 is 42.6. The summed E-state index contributed by atoms with van der Waals surface area (Å²) in [6.45, 7) is 6.95. The van der Waals surface area contributed by atoms with Crippen molar-refractivity contribution in [1.29, 1.82) is 0 Å². The lowest BCUT2D eigenvalue weighted by Crippen LogP contribution is -2.58. The Balaban J connectivity index is 0.00000585. The normalized spacial score (nSPS) is 35.7. The summed E-state index contributed by atoms with van der Waals surface area (Å²) in [5, 5.41) is 45.9. The van der Waals surface area contributed by atoms with Gasteiger partial charge in [0.25, 0.3) is 0 Å². The first kappa shape index (κ1) is 45.0. The van der Waals surface area contributed by atoms with Crippen LogP contribution < -0.4 is 0 Å². The van der Waals surface area contributed by atoms with Gasteiger partial charge in [0.15, 0.2) is 30.4 Å². The van der Waals surface area contributed by atoms with Crippen molar-refractivity contribution in [2.24, 2.45) is 0 Å². The number of aliphatic hydroxyl groups excluding tert-OH is 1. The zero-order valence-electron chi connectivity index (χ0n) is 34.1. The molecule has 3 fully saturated rings. The third-order valence-corrected chi connectivity index (χ3v) is 12.4. The lowest BCUT2D eigenvalue weighted by atomic mass is 9.67. The number of aromatic hydroxyl groups is 2. The van der Waals surface area contributed by atoms with Crippen LogP contribution in [0.5, 0.6) is 11.5 Å². The summed E-state index contributed by atoms with van der Waals surface area (Å²) in [6.07, 6.45) is -6.64. The number of carbonyl (C=O) groups is 4. The fraction of sp³-hybridized carbons (Fsp3) is 0.619. The van der Waals surface area contributed by atoms with Crippen LogP contribution in [-0.2, 0) is 42.7 Å². The van der Waals surface area contributed by atoms with Crippen molar-refractivity contribution < 1.29 is 72.8 Å². The van der Waals surface area contributed by atoms with Crippen LogP contribution in [0.4, 0.5) is 0 Å². The van der Waals surface area contributed by atoms with Gasteiger partial charge in [0.05, 0.1) is 48.3 Å². The van der Waals surface area contributed by atoms with Gasteiger partial charge in [-0.05, 0) is 59.0 Å². The van der Waals surface area contributed by atoms with E-state index in [0.29, 0.717) is 12.8 Å². The molecule has 2 aliphatic carbocycles. The molecule has 0 radical (unpaired) electrons. The predicted molar refractivity (Wildman–Crippen MR) is 208 cm³/mol. The SMILES string of the molecule is CC[C@@]1(O)C[C@H](O[C@H]2C[C@H](N(C)C)[C@H](O[C@H]3C[C@H](O)[C@H](O[C@H]4CCC(=O)[C@H](C)O4)[C@H](C)O3)[C@H](C)O2)c2c(cc3c(c2O)C(=O)c2c(O)cccc2C3=O)[C@H]1C(=O)OC.Cl. The van der Waals surface area contributed by atoms with E-state index in [1.807, 2.05) is 19.0 Å². The third kappa shape index (κ3) is 8.16. The van der Waals surface area contributed by atoms with E-state index in [0.717, 1.165) is 0 Å². The fourth-order valence-electron chi connectivity index (χ4n) is 9.27. The van der Waals surface area contributed by atoms with Gasteiger partial charge in [-0.2, -0.15) is 0 Å². The summed E-state index contributed by atoms with van der Waals surface area (Å²) in [5.74, 6) is -4.59. The molecule has 13 atom stereocenters. The zero-order chi connectivity index (χ0) is 42.0. The highest BCUT2D eigenvalue weighted by molar-refractivity contribution is 6.30. The van der Waals surface area contributed by atoms with Crippen LogP contribution in [0.15, 0.2) is 24.3 Å². The molecule has 59 heavy (non-hydrogen) atoms. The molecule has 0 spiro atoms. The van der Waals surface area contributed by atoms with Gasteiger partial charge in [0, 0.05) is 54.8 Å². The van der Waals surface area contributed by atoms with Gasteiger partial charge in [-0.25, -0.2) is 0 Å². The van der Waals surface area contributed by atoms with E-state index in [2.05, 4.69) is 0 Å². The molecule has 5 aliphatic rings.